The molecular formula is C21H23NO4. The fourth-order valence-electron chi connectivity index (χ4n) is 3.49. The molecule has 0 saturated carbocycles. The average Bonchev–Trinajstić information content (AvgIpc) is 2.99. The molecule has 1 aliphatic heterocycles. The number of benzene rings is 2. The Kier molecular flexibility index (Phi) is 5.29. The summed E-state index contributed by atoms with van der Waals surface area (Å²) in [5, 5.41) is 0. The topological polar surface area (TPSA) is 48.0 Å². The molecule has 0 aromatic heterocycles. The standard InChI is InChI=1S/C21H23NO4/c23-21-17-5-2-1-4-16(17)20-18(21)6-3-7-19(20)26-15-14-25-13-10-22-8-11-24-12-9-22/h1-7H,8-15H2. The number of ether oxygens (including phenoxy) is 3. The van der Waals surface area contributed by atoms with Crippen molar-refractivity contribution in [1.82, 2.24) is 4.90 Å². The van der Waals surface area contributed by atoms with Crippen LogP contribution >= 0.6 is 0 Å². The Morgan fingerprint density at radius 3 is 2.50 bits per heavy atom. The minimum atomic E-state index is 0.0720. The number of morpholine rings is 1. The molecule has 0 atom stereocenters. The molecule has 1 aliphatic carbocycles. The molecule has 2 aromatic rings. The van der Waals surface area contributed by atoms with Gasteiger partial charge >= 0.3 is 0 Å². The van der Waals surface area contributed by atoms with Gasteiger partial charge in [0.1, 0.15) is 12.4 Å². The van der Waals surface area contributed by atoms with Gasteiger partial charge in [0.25, 0.3) is 0 Å². The van der Waals surface area contributed by atoms with Crippen molar-refractivity contribution in [3.8, 4) is 16.9 Å². The highest BCUT2D eigenvalue weighted by Gasteiger charge is 2.28. The van der Waals surface area contributed by atoms with Crippen LogP contribution < -0.4 is 4.74 Å². The third-order valence-electron chi connectivity index (χ3n) is 4.85. The Balaban J connectivity index is 1.31. The average molecular weight is 353 g/mol. The maximum atomic E-state index is 12.5. The number of hydrogen-bond donors (Lipinski definition) is 0. The first-order chi connectivity index (χ1) is 12.8. The molecule has 1 fully saturated rings. The van der Waals surface area contributed by atoms with Crippen LogP contribution in [-0.2, 0) is 9.47 Å². The molecule has 4 rings (SSSR count). The molecule has 1 heterocycles. The Bertz CT molecular complexity index is 783. The van der Waals surface area contributed by atoms with Crippen molar-refractivity contribution in [3.63, 3.8) is 0 Å². The van der Waals surface area contributed by atoms with Gasteiger partial charge in [-0.05, 0) is 11.6 Å². The zero-order valence-corrected chi connectivity index (χ0v) is 14.8. The highest BCUT2D eigenvalue weighted by Crippen LogP contribution is 2.42. The van der Waals surface area contributed by atoms with Crippen molar-refractivity contribution in [1.29, 1.82) is 0 Å². The van der Waals surface area contributed by atoms with Gasteiger partial charge in [0.15, 0.2) is 5.78 Å². The molecule has 0 radical (unpaired) electrons. The second-order valence-corrected chi connectivity index (χ2v) is 6.47. The van der Waals surface area contributed by atoms with E-state index in [0.717, 1.165) is 60.9 Å². The maximum absolute atomic E-state index is 12.5. The lowest BCUT2D eigenvalue weighted by atomic mass is 10.1. The van der Waals surface area contributed by atoms with Gasteiger partial charge in [0.05, 0.1) is 26.4 Å². The summed E-state index contributed by atoms with van der Waals surface area (Å²) in [4.78, 5) is 14.9. The molecule has 0 amide bonds. The number of fused-ring (bicyclic) bond motifs is 3. The van der Waals surface area contributed by atoms with Crippen molar-refractivity contribution >= 4 is 5.78 Å². The number of rotatable bonds is 7. The molecule has 0 N–H and O–H groups in total. The second kappa shape index (κ2) is 7.99. The van der Waals surface area contributed by atoms with E-state index in [4.69, 9.17) is 14.2 Å². The van der Waals surface area contributed by atoms with Crippen LogP contribution in [0.15, 0.2) is 42.5 Å². The highest BCUT2D eigenvalue weighted by molar-refractivity contribution is 6.22. The summed E-state index contributed by atoms with van der Waals surface area (Å²) < 4.78 is 17.0. The summed E-state index contributed by atoms with van der Waals surface area (Å²) in [6.07, 6.45) is 0. The first kappa shape index (κ1) is 17.2. The summed E-state index contributed by atoms with van der Waals surface area (Å²) in [7, 11) is 0. The Labute approximate surface area is 153 Å². The molecule has 0 bridgehead atoms. The molecule has 5 heteroatoms. The van der Waals surface area contributed by atoms with Crippen LogP contribution in [0, 0.1) is 0 Å². The fourth-order valence-corrected chi connectivity index (χ4v) is 3.49. The summed E-state index contributed by atoms with van der Waals surface area (Å²) in [6.45, 7) is 6.18. The predicted molar refractivity (Wildman–Crippen MR) is 98.9 cm³/mol. The highest BCUT2D eigenvalue weighted by atomic mass is 16.5. The molecule has 5 nitrogen and oxygen atoms in total. The zero-order chi connectivity index (χ0) is 17.8. The monoisotopic (exact) mass is 353 g/mol. The van der Waals surface area contributed by atoms with Gasteiger partial charge in [-0.3, -0.25) is 9.69 Å². The smallest absolute Gasteiger partial charge is 0.194 e. The second-order valence-electron chi connectivity index (χ2n) is 6.47. The Morgan fingerprint density at radius 1 is 0.885 bits per heavy atom. The third-order valence-corrected chi connectivity index (χ3v) is 4.85. The number of ketones is 1. The summed E-state index contributed by atoms with van der Waals surface area (Å²) in [5.74, 6) is 0.820. The molecule has 2 aliphatic rings. The maximum Gasteiger partial charge on any atom is 0.194 e. The largest absolute Gasteiger partial charge is 0.491 e. The van der Waals surface area contributed by atoms with Gasteiger partial charge in [-0.2, -0.15) is 0 Å². The summed E-state index contributed by atoms with van der Waals surface area (Å²) >= 11 is 0. The first-order valence-corrected chi connectivity index (χ1v) is 9.12. The third kappa shape index (κ3) is 3.51. The van der Waals surface area contributed by atoms with Gasteiger partial charge < -0.3 is 14.2 Å². The van der Waals surface area contributed by atoms with Crippen LogP contribution in [-0.4, -0.2) is 63.4 Å². The Hall–Kier alpha value is -2.21. The molecule has 136 valence electrons. The summed E-state index contributed by atoms with van der Waals surface area (Å²) in [6, 6.07) is 13.3. The van der Waals surface area contributed by atoms with E-state index < -0.39 is 0 Å². The van der Waals surface area contributed by atoms with Crippen molar-refractivity contribution < 1.29 is 19.0 Å². The van der Waals surface area contributed by atoms with E-state index in [1.54, 1.807) is 0 Å². The van der Waals surface area contributed by atoms with E-state index in [0.29, 0.717) is 19.8 Å². The van der Waals surface area contributed by atoms with E-state index in [1.807, 2.05) is 42.5 Å². The molecule has 1 saturated heterocycles. The first-order valence-electron chi connectivity index (χ1n) is 9.12. The molecule has 2 aromatic carbocycles. The van der Waals surface area contributed by atoms with Gasteiger partial charge in [-0.1, -0.05) is 36.4 Å². The zero-order valence-electron chi connectivity index (χ0n) is 14.8. The van der Waals surface area contributed by atoms with E-state index in [-0.39, 0.29) is 5.78 Å². The normalized spacial score (nSPS) is 16.4. The number of hydrogen-bond acceptors (Lipinski definition) is 5. The van der Waals surface area contributed by atoms with E-state index in [1.165, 1.54) is 0 Å². The summed E-state index contributed by atoms with van der Waals surface area (Å²) in [5.41, 5.74) is 3.33. The molecule has 0 unspecified atom stereocenters. The molecule has 26 heavy (non-hydrogen) atoms. The van der Waals surface area contributed by atoms with Crippen molar-refractivity contribution in [2.75, 3.05) is 52.7 Å². The fraction of sp³-hybridized carbons (Fsp3) is 0.381. The lowest BCUT2D eigenvalue weighted by molar-refractivity contribution is 0.0170. The van der Waals surface area contributed by atoms with Crippen molar-refractivity contribution in [3.05, 3.63) is 53.6 Å². The van der Waals surface area contributed by atoms with Crippen LogP contribution in [0.4, 0.5) is 0 Å². The number of carbonyl (C=O) groups excluding carboxylic acids is 1. The van der Waals surface area contributed by atoms with Crippen LogP contribution in [0.1, 0.15) is 15.9 Å². The molecule has 0 spiro atoms. The van der Waals surface area contributed by atoms with E-state index in [2.05, 4.69) is 4.90 Å². The van der Waals surface area contributed by atoms with Gasteiger partial charge in [0.2, 0.25) is 0 Å². The van der Waals surface area contributed by atoms with Crippen LogP contribution in [0.25, 0.3) is 11.1 Å². The molecular weight excluding hydrogens is 330 g/mol. The lowest BCUT2D eigenvalue weighted by Crippen LogP contribution is -2.38. The quantitative estimate of drug-likeness (QED) is 0.611. The minimum Gasteiger partial charge on any atom is -0.491 e. The van der Waals surface area contributed by atoms with Crippen LogP contribution in [0.5, 0.6) is 5.75 Å². The van der Waals surface area contributed by atoms with E-state index >= 15 is 0 Å². The number of carbonyl (C=O) groups is 1. The van der Waals surface area contributed by atoms with Crippen LogP contribution in [0.2, 0.25) is 0 Å². The minimum absolute atomic E-state index is 0.0720. The van der Waals surface area contributed by atoms with Crippen molar-refractivity contribution in [2.45, 2.75) is 0 Å². The Morgan fingerprint density at radius 2 is 1.65 bits per heavy atom. The van der Waals surface area contributed by atoms with Crippen LogP contribution in [0.3, 0.4) is 0 Å². The van der Waals surface area contributed by atoms with Gasteiger partial charge in [-0.15, -0.1) is 0 Å². The SMILES string of the molecule is O=C1c2ccccc2-c2c(OCCOCCN3CCOCC3)cccc21. The van der Waals surface area contributed by atoms with Gasteiger partial charge in [0, 0.05) is 36.3 Å². The van der Waals surface area contributed by atoms with E-state index in [9.17, 15) is 4.79 Å². The van der Waals surface area contributed by atoms with Crippen molar-refractivity contribution in [2.24, 2.45) is 0 Å². The predicted octanol–water partition coefficient (Wildman–Crippen LogP) is 2.63. The van der Waals surface area contributed by atoms with Gasteiger partial charge in [-0.25, -0.2) is 0 Å². The number of nitrogens with zero attached hydrogens (tertiary/aromatic N) is 1. The lowest BCUT2D eigenvalue weighted by Gasteiger charge is -2.26.